The molecule has 7 N–H and O–H groups in total. The molecule has 1 amide bonds. The Morgan fingerprint density at radius 3 is 1.64 bits per heavy atom. The lowest BCUT2D eigenvalue weighted by molar-refractivity contribution is 0.0948. The van der Waals surface area contributed by atoms with Gasteiger partial charge >= 0.3 is 0 Å². The summed E-state index contributed by atoms with van der Waals surface area (Å²) in [6.07, 6.45) is 5.06. The maximum Gasteiger partial charge on any atom is 0.255 e. The summed E-state index contributed by atoms with van der Waals surface area (Å²) in [5, 5.41) is 68.8. The molecule has 6 rings (SSSR count). The highest BCUT2D eigenvalue weighted by atomic mass is 16.3. The Morgan fingerprint density at radius 1 is 0.667 bits per heavy atom. The van der Waals surface area contributed by atoms with Gasteiger partial charge in [0.15, 0.2) is 28.8 Å². The molecule has 42 heavy (non-hydrogen) atoms. The van der Waals surface area contributed by atoms with Crippen LogP contribution in [0.1, 0.15) is 70.4 Å². The quantitative estimate of drug-likeness (QED) is 0.0995. The highest BCUT2D eigenvalue weighted by Gasteiger charge is 2.29. The van der Waals surface area contributed by atoms with E-state index in [1.54, 1.807) is 26.0 Å². The minimum Gasteiger partial charge on any atom is -0.507 e. The standard InChI is InChI=1S/C33H33NO8/c1-14-9-18-20(11-23(36)31(40)27(18)22(35)8-7-16-3-4-16)29(38)25(14)26-15(2)10-19-21(30(26)39)12-24(37)32(41)28(19)33(42)34-13-17-5-6-17/h9-12,16-17,36-41H,3-8,13H2,1-2H3,(H,34,42). The number of aryl methyl sites for hydroxylation is 2. The van der Waals surface area contributed by atoms with Crippen molar-refractivity contribution in [3.63, 3.8) is 0 Å². The number of ketones is 1. The van der Waals surface area contributed by atoms with Crippen molar-refractivity contribution in [2.24, 2.45) is 11.8 Å². The molecule has 0 atom stereocenters. The van der Waals surface area contributed by atoms with Crippen LogP contribution < -0.4 is 5.32 Å². The van der Waals surface area contributed by atoms with Gasteiger partial charge in [0.05, 0.1) is 11.1 Å². The molecule has 4 aromatic rings. The number of carbonyl (C=O) groups is 2. The van der Waals surface area contributed by atoms with E-state index < -0.39 is 28.9 Å². The van der Waals surface area contributed by atoms with Crippen LogP contribution in [-0.2, 0) is 0 Å². The van der Waals surface area contributed by atoms with Gasteiger partial charge in [0.25, 0.3) is 5.91 Å². The second-order valence-corrected chi connectivity index (χ2v) is 11.8. The van der Waals surface area contributed by atoms with Crippen molar-refractivity contribution in [2.75, 3.05) is 6.54 Å². The van der Waals surface area contributed by atoms with E-state index in [1.165, 1.54) is 6.07 Å². The van der Waals surface area contributed by atoms with Gasteiger partial charge in [-0.25, -0.2) is 0 Å². The van der Waals surface area contributed by atoms with E-state index in [9.17, 15) is 40.2 Å². The first-order valence-corrected chi connectivity index (χ1v) is 14.2. The zero-order valence-corrected chi connectivity index (χ0v) is 23.4. The van der Waals surface area contributed by atoms with Crippen molar-refractivity contribution >= 4 is 33.2 Å². The Labute approximate surface area is 241 Å². The van der Waals surface area contributed by atoms with Gasteiger partial charge in [0.2, 0.25) is 0 Å². The van der Waals surface area contributed by atoms with Crippen molar-refractivity contribution in [2.45, 2.75) is 52.4 Å². The van der Waals surface area contributed by atoms with Crippen LogP contribution >= 0.6 is 0 Å². The number of hydrogen-bond donors (Lipinski definition) is 7. The van der Waals surface area contributed by atoms with Crippen LogP contribution in [0.15, 0.2) is 24.3 Å². The van der Waals surface area contributed by atoms with Crippen LogP contribution in [-0.4, -0.2) is 48.9 Å². The van der Waals surface area contributed by atoms with Crippen molar-refractivity contribution in [3.8, 4) is 45.6 Å². The first kappa shape index (κ1) is 27.5. The average Bonchev–Trinajstić information content (AvgIpc) is 3.86. The van der Waals surface area contributed by atoms with Gasteiger partial charge in [-0.2, -0.15) is 0 Å². The molecule has 9 heteroatoms. The lowest BCUT2D eigenvalue weighted by Gasteiger charge is -2.20. The Morgan fingerprint density at radius 2 is 1.14 bits per heavy atom. The van der Waals surface area contributed by atoms with E-state index in [1.807, 2.05) is 0 Å². The van der Waals surface area contributed by atoms with Gasteiger partial charge in [-0.15, -0.1) is 0 Å². The van der Waals surface area contributed by atoms with Gasteiger partial charge in [-0.1, -0.05) is 12.8 Å². The third-order valence-corrected chi connectivity index (χ3v) is 8.61. The van der Waals surface area contributed by atoms with Crippen LogP contribution in [0.5, 0.6) is 34.5 Å². The van der Waals surface area contributed by atoms with Crippen LogP contribution in [0.3, 0.4) is 0 Å². The predicted molar refractivity (Wildman–Crippen MR) is 158 cm³/mol. The zero-order valence-electron chi connectivity index (χ0n) is 23.4. The summed E-state index contributed by atoms with van der Waals surface area (Å²) in [4.78, 5) is 26.2. The highest BCUT2D eigenvalue weighted by Crippen LogP contribution is 2.51. The summed E-state index contributed by atoms with van der Waals surface area (Å²) in [7, 11) is 0. The fourth-order valence-corrected chi connectivity index (χ4v) is 5.92. The number of aromatic hydroxyl groups is 6. The van der Waals surface area contributed by atoms with Gasteiger partial charge in [-0.05, 0) is 80.3 Å². The molecule has 0 heterocycles. The van der Waals surface area contributed by atoms with Gasteiger partial charge < -0.3 is 36.0 Å². The van der Waals surface area contributed by atoms with Crippen LogP contribution in [0.25, 0.3) is 32.7 Å². The molecule has 0 bridgehead atoms. The van der Waals surface area contributed by atoms with Crippen molar-refractivity contribution in [1.82, 2.24) is 5.32 Å². The molecule has 4 aromatic carbocycles. The molecule has 0 spiro atoms. The molecule has 2 saturated carbocycles. The lowest BCUT2D eigenvalue weighted by atomic mass is 9.86. The van der Waals surface area contributed by atoms with Crippen LogP contribution in [0, 0.1) is 25.7 Å². The summed E-state index contributed by atoms with van der Waals surface area (Å²) < 4.78 is 0. The van der Waals surface area contributed by atoms with Crippen LogP contribution in [0.2, 0.25) is 0 Å². The number of amides is 1. The number of Topliss-reactive ketones (excluding diaryl/α,β-unsaturated/α-hetero) is 1. The number of carbonyl (C=O) groups excluding carboxylic acids is 2. The summed E-state index contributed by atoms with van der Waals surface area (Å²) in [6, 6.07) is 5.57. The molecule has 2 aliphatic carbocycles. The molecule has 0 radical (unpaired) electrons. The van der Waals surface area contributed by atoms with E-state index in [2.05, 4.69) is 5.32 Å². The number of phenols is 6. The van der Waals surface area contributed by atoms with Crippen molar-refractivity contribution in [1.29, 1.82) is 0 Å². The first-order valence-electron chi connectivity index (χ1n) is 14.2. The fourth-order valence-electron chi connectivity index (χ4n) is 5.92. The first-order chi connectivity index (χ1) is 20.0. The molecular formula is C33H33NO8. The topological polar surface area (TPSA) is 168 Å². The predicted octanol–water partition coefficient (Wildman–Crippen LogP) is 6.02. The smallest absolute Gasteiger partial charge is 0.255 e. The number of rotatable bonds is 8. The molecule has 0 aliphatic heterocycles. The molecule has 2 fully saturated rings. The van der Waals surface area contributed by atoms with Gasteiger partial charge in [0.1, 0.15) is 11.5 Å². The summed E-state index contributed by atoms with van der Waals surface area (Å²) in [6.45, 7) is 3.80. The fraction of sp³-hybridized carbons (Fsp3) is 0.333. The number of phenolic OH excluding ortho intramolecular Hbond substituents is 6. The largest absolute Gasteiger partial charge is 0.507 e. The van der Waals surface area contributed by atoms with Crippen molar-refractivity contribution in [3.05, 3.63) is 46.5 Å². The summed E-state index contributed by atoms with van der Waals surface area (Å²) in [5.41, 5.74) is 1.14. The third kappa shape index (κ3) is 4.58. The Balaban J connectivity index is 1.53. The number of nitrogens with one attached hydrogen (secondary N) is 1. The second-order valence-electron chi connectivity index (χ2n) is 11.8. The SMILES string of the molecule is Cc1cc2c(C(=O)CCC3CC3)c(O)c(O)cc2c(O)c1-c1c(C)cc2c(C(=O)NCC3CC3)c(O)c(O)cc2c1O. The van der Waals surface area contributed by atoms with E-state index in [4.69, 9.17) is 0 Å². The van der Waals surface area contributed by atoms with E-state index in [0.717, 1.165) is 31.7 Å². The van der Waals surface area contributed by atoms with E-state index in [0.29, 0.717) is 35.9 Å². The Bertz CT molecular complexity index is 1680. The maximum absolute atomic E-state index is 13.2. The van der Waals surface area contributed by atoms with Gasteiger partial charge in [0, 0.05) is 45.6 Å². The monoisotopic (exact) mass is 571 g/mol. The van der Waals surface area contributed by atoms with Crippen molar-refractivity contribution < 1.29 is 40.2 Å². The summed E-state index contributed by atoms with van der Waals surface area (Å²) in [5.74, 6) is -2.96. The minimum atomic E-state index is -0.596. The maximum atomic E-state index is 13.2. The molecule has 218 valence electrons. The number of fused-ring (bicyclic) bond motifs is 2. The normalized spacial score (nSPS) is 14.9. The lowest BCUT2D eigenvalue weighted by Crippen LogP contribution is -2.25. The number of hydrogen-bond acceptors (Lipinski definition) is 8. The molecule has 9 nitrogen and oxygen atoms in total. The molecule has 2 aliphatic rings. The average molecular weight is 572 g/mol. The summed E-state index contributed by atoms with van der Waals surface area (Å²) >= 11 is 0. The van der Waals surface area contributed by atoms with Crippen LogP contribution in [0.4, 0.5) is 0 Å². The molecule has 0 saturated heterocycles. The Kier molecular flexibility index (Phi) is 6.55. The highest BCUT2D eigenvalue weighted by molar-refractivity contribution is 6.16. The van der Waals surface area contributed by atoms with Gasteiger partial charge in [-0.3, -0.25) is 9.59 Å². The third-order valence-electron chi connectivity index (χ3n) is 8.61. The zero-order chi connectivity index (χ0) is 30.0. The van der Waals surface area contributed by atoms with E-state index >= 15 is 0 Å². The van der Waals surface area contributed by atoms with E-state index in [-0.39, 0.29) is 67.5 Å². The second kappa shape index (κ2) is 10.0. The minimum absolute atomic E-state index is 0.0581. The molecule has 0 unspecified atom stereocenters. The Hall–Kier alpha value is -4.66. The molecule has 0 aromatic heterocycles. The molecular weight excluding hydrogens is 538 g/mol. The number of benzene rings is 4.